The molecule has 1 fully saturated rings. The lowest BCUT2D eigenvalue weighted by molar-refractivity contribution is -0.133. The Balaban J connectivity index is 1.99. The number of nitrogens with zero attached hydrogens (tertiary/aromatic N) is 2. The Bertz CT molecular complexity index is 1030. The van der Waals surface area contributed by atoms with Gasteiger partial charge in [0.15, 0.2) is 11.6 Å². The maximum absolute atomic E-state index is 15.0. The summed E-state index contributed by atoms with van der Waals surface area (Å²) in [5.74, 6) is -2.64. The van der Waals surface area contributed by atoms with Crippen molar-refractivity contribution in [3.63, 3.8) is 0 Å². The maximum Gasteiger partial charge on any atom is 0.272 e. The zero-order valence-electron chi connectivity index (χ0n) is 16.3. The zero-order valence-corrected chi connectivity index (χ0v) is 17.8. The van der Waals surface area contributed by atoms with Gasteiger partial charge in [-0.2, -0.15) is 0 Å². The molecule has 2 aromatic rings. The molecule has 1 aliphatic rings. The van der Waals surface area contributed by atoms with Crippen molar-refractivity contribution in [2.75, 3.05) is 18.1 Å². The number of carbonyl (C=O) groups excluding carboxylic acids is 2. The Labute approximate surface area is 186 Å². The van der Waals surface area contributed by atoms with Crippen LogP contribution in [0, 0.1) is 11.2 Å². The summed E-state index contributed by atoms with van der Waals surface area (Å²) in [5, 5.41) is 0.145. The smallest absolute Gasteiger partial charge is 0.272 e. The van der Waals surface area contributed by atoms with E-state index in [0.29, 0.717) is 12.8 Å². The van der Waals surface area contributed by atoms with Gasteiger partial charge in [0.25, 0.3) is 6.43 Å². The molecule has 1 saturated carbocycles. The number of carbonyl (C=O) groups is 2. The molecule has 1 heterocycles. The van der Waals surface area contributed by atoms with Crippen LogP contribution in [0.1, 0.15) is 19.8 Å². The Morgan fingerprint density at radius 3 is 2.48 bits per heavy atom. The minimum Gasteiger partial charge on any atom is -0.485 e. The molecule has 1 aromatic carbocycles. The van der Waals surface area contributed by atoms with Crippen LogP contribution in [0.4, 0.5) is 19.0 Å². The molecule has 2 N–H and O–H groups in total. The van der Waals surface area contributed by atoms with E-state index in [1.807, 2.05) is 0 Å². The van der Waals surface area contributed by atoms with Crippen molar-refractivity contribution < 1.29 is 27.5 Å². The summed E-state index contributed by atoms with van der Waals surface area (Å²) in [6, 6.07) is 3.74. The van der Waals surface area contributed by atoms with Crippen molar-refractivity contribution in [2.24, 2.45) is 11.1 Å². The number of anilines is 1. The van der Waals surface area contributed by atoms with E-state index < -0.39 is 36.1 Å². The summed E-state index contributed by atoms with van der Waals surface area (Å²) in [4.78, 5) is 29.6. The van der Waals surface area contributed by atoms with Gasteiger partial charge in [0.1, 0.15) is 17.8 Å². The number of alkyl halides is 2. The van der Waals surface area contributed by atoms with Crippen molar-refractivity contribution in [2.45, 2.75) is 26.2 Å². The van der Waals surface area contributed by atoms with Gasteiger partial charge in [0.2, 0.25) is 11.8 Å². The van der Waals surface area contributed by atoms with Gasteiger partial charge in [-0.1, -0.05) is 23.2 Å². The highest BCUT2D eigenvalue weighted by molar-refractivity contribution is 6.36. The number of primary amides is 1. The lowest BCUT2D eigenvalue weighted by Gasteiger charge is -2.24. The number of ether oxygens (including phenoxy) is 1. The second kappa shape index (κ2) is 8.92. The highest BCUT2D eigenvalue weighted by Gasteiger charge is 2.57. The van der Waals surface area contributed by atoms with Crippen LogP contribution in [0.5, 0.6) is 5.75 Å². The summed E-state index contributed by atoms with van der Waals surface area (Å²) in [6.07, 6.45) is -0.928. The largest absolute Gasteiger partial charge is 0.485 e. The first-order valence-corrected chi connectivity index (χ1v) is 10.0. The fourth-order valence-corrected chi connectivity index (χ4v) is 3.73. The molecule has 11 heteroatoms. The van der Waals surface area contributed by atoms with Crippen molar-refractivity contribution in [3.05, 3.63) is 40.3 Å². The first-order valence-electron chi connectivity index (χ1n) is 9.28. The summed E-state index contributed by atoms with van der Waals surface area (Å²) in [7, 11) is 0. The van der Waals surface area contributed by atoms with Gasteiger partial charge in [-0.05, 0) is 38.0 Å². The third kappa shape index (κ3) is 4.57. The normalized spacial score (nSPS) is 14.4. The molecule has 166 valence electrons. The van der Waals surface area contributed by atoms with Gasteiger partial charge >= 0.3 is 0 Å². The highest BCUT2D eigenvalue weighted by Crippen LogP contribution is 2.47. The fourth-order valence-electron chi connectivity index (χ4n) is 3.18. The van der Waals surface area contributed by atoms with Crippen molar-refractivity contribution in [3.8, 4) is 16.9 Å². The van der Waals surface area contributed by atoms with Crippen LogP contribution in [0.2, 0.25) is 10.0 Å². The second-order valence-electron chi connectivity index (χ2n) is 6.99. The SMILES string of the molecule is CCN(C(=O)C1(C(N)=O)CC1)c1ncc(-c2cc(Cl)cc(Cl)c2OCC(F)F)cc1F. The summed E-state index contributed by atoms with van der Waals surface area (Å²) in [6.45, 7) is 0.746. The lowest BCUT2D eigenvalue weighted by Crippen LogP contribution is -2.44. The molecular formula is C20H18Cl2F3N3O3. The standard InChI is InChI=1S/C20H18Cl2F3N3O3/c1-2-28(19(30)20(3-4-20)18(26)29)17-14(23)5-10(8-27-17)12-6-11(21)7-13(22)16(12)31-9-15(24)25/h5-8,15H,2-4,9H2,1H3,(H2,26,29). The molecule has 0 bridgehead atoms. The topological polar surface area (TPSA) is 85.5 Å². The minimum atomic E-state index is -2.75. The number of nitrogens with two attached hydrogens (primary N) is 1. The summed E-state index contributed by atoms with van der Waals surface area (Å²) in [5.41, 5.74) is 4.31. The van der Waals surface area contributed by atoms with E-state index >= 15 is 0 Å². The van der Waals surface area contributed by atoms with Crippen LogP contribution in [0.3, 0.4) is 0 Å². The summed E-state index contributed by atoms with van der Waals surface area (Å²) < 4.78 is 45.3. The molecule has 0 radical (unpaired) electrons. The predicted molar refractivity (Wildman–Crippen MR) is 110 cm³/mol. The average molecular weight is 476 g/mol. The molecule has 3 rings (SSSR count). The van der Waals surface area contributed by atoms with Crippen LogP contribution >= 0.6 is 23.2 Å². The van der Waals surface area contributed by atoms with Crippen LogP contribution in [0.15, 0.2) is 24.4 Å². The molecule has 1 aromatic heterocycles. The number of amides is 2. The van der Waals surface area contributed by atoms with E-state index in [0.717, 1.165) is 11.0 Å². The number of benzene rings is 1. The zero-order chi connectivity index (χ0) is 22.9. The molecule has 0 unspecified atom stereocenters. The molecule has 0 saturated heterocycles. The van der Waals surface area contributed by atoms with E-state index in [2.05, 4.69) is 4.98 Å². The number of hydrogen-bond donors (Lipinski definition) is 1. The van der Waals surface area contributed by atoms with Gasteiger partial charge in [-0.3, -0.25) is 14.5 Å². The van der Waals surface area contributed by atoms with Crippen LogP contribution in [-0.4, -0.2) is 36.4 Å². The molecule has 2 amide bonds. The number of hydrogen-bond acceptors (Lipinski definition) is 4. The highest BCUT2D eigenvalue weighted by atomic mass is 35.5. The first kappa shape index (κ1) is 23.1. The number of pyridine rings is 1. The molecule has 1 aliphatic carbocycles. The van der Waals surface area contributed by atoms with Gasteiger partial charge in [0.05, 0.1) is 5.02 Å². The third-order valence-electron chi connectivity index (χ3n) is 4.94. The maximum atomic E-state index is 15.0. The lowest BCUT2D eigenvalue weighted by atomic mass is 10.0. The van der Waals surface area contributed by atoms with Gasteiger partial charge < -0.3 is 10.5 Å². The number of halogens is 5. The van der Waals surface area contributed by atoms with Gasteiger partial charge in [0, 0.05) is 28.9 Å². The third-order valence-corrected chi connectivity index (χ3v) is 5.44. The Morgan fingerprint density at radius 1 is 1.29 bits per heavy atom. The molecule has 6 nitrogen and oxygen atoms in total. The second-order valence-corrected chi connectivity index (χ2v) is 7.84. The Morgan fingerprint density at radius 2 is 1.97 bits per heavy atom. The van der Waals surface area contributed by atoms with Crippen molar-refractivity contribution in [1.29, 1.82) is 0 Å². The van der Waals surface area contributed by atoms with E-state index in [1.54, 1.807) is 6.92 Å². The number of aromatic nitrogens is 1. The minimum absolute atomic E-state index is 0.0323. The molecule has 0 spiro atoms. The Hall–Kier alpha value is -2.52. The fraction of sp³-hybridized carbons (Fsp3) is 0.350. The van der Waals surface area contributed by atoms with Crippen LogP contribution in [0.25, 0.3) is 11.1 Å². The number of rotatable bonds is 8. The van der Waals surface area contributed by atoms with Crippen LogP contribution < -0.4 is 15.4 Å². The van der Waals surface area contributed by atoms with Gasteiger partial charge in [-0.25, -0.2) is 18.2 Å². The van der Waals surface area contributed by atoms with Gasteiger partial charge in [-0.15, -0.1) is 0 Å². The van der Waals surface area contributed by atoms with E-state index in [9.17, 15) is 22.8 Å². The summed E-state index contributed by atoms with van der Waals surface area (Å²) >= 11 is 12.1. The molecule has 31 heavy (non-hydrogen) atoms. The van der Waals surface area contributed by atoms with Crippen molar-refractivity contribution >= 4 is 40.8 Å². The van der Waals surface area contributed by atoms with E-state index in [1.165, 1.54) is 18.3 Å². The van der Waals surface area contributed by atoms with Crippen molar-refractivity contribution in [1.82, 2.24) is 4.98 Å². The van der Waals surface area contributed by atoms with Crippen LogP contribution in [-0.2, 0) is 9.59 Å². The van der Waals surface area contributed by atoms with E-state index in [-0.39, 0.29) is 39.3 Å². The first-order chi connectivity index (χ1) is 14.6. The molecule has 0 atom stereocenters. The molecule has 0 aliphatic heterocycles. The monoisotopic (exact) mass is 475 g/mol. The molecular weight excluding hydrogens is 458 g/mol. The predicted octanol–water partition coefficient (Wildman–Crippen LogP) is 4.46. The average Bonchev–Trinajstić information content (AvgIpc) is 3.50. The van der Waals surface area contributed by atoms with E-state index in [4.69, 9.17) is 33.7 Å². The Kier molecular flexibility index (Phi) is 6.66. The quantitative estimate of drug-likeness (QED) is 0.571.